The highest BCUT2D eigenvalue weighted by Crippen LogP contribution is 2.27. The minimum atomic E-state index is 0.460. The molecule has 0 N–H and O–H groups in total. The minimum absolute atomic E-state index is 0.460. The average molecular weight is 384 g/mol. The first-order valence-corrected chi connectivity index (χ1v) is 10.6. The Bertz CT molecular complexity index is 800. The van der Waals surface area contributed by atoms with E-state index in [4.69, 9.17) is 0 Å². The summed E-state index contributed by atoms with van der Waals surface area (Å²) in [5.74, 6) is 2.72. The molecule has 2 aromatic rings. The van der Waals surface area contributed by atoms with Crippen LogP contribution in [-0.4, -0.2) is 60.5 Å². The van der Waals surface area contributed by atoms with Gasteiger partial charge in [-0.25, -0.2) is 0 Å². The summed E-state index contributed by atoms with van der Waals surface area (Å²) in [6.07, 6.45) is 9.08. The predicted molar refractivity (Wildman–Crippen MR) is 110 cm³/mol. The fourth-order valence-electron chi connectivity index (χ4n) is 4.60. The first-order valence-electron chi connectivity index (χ1n) is 10.6. The van der Waals surface area contributed by atoms with E-state index in [9.17, 15) is 0 Å². The van der Waals surface area contributed by atoms with E-state index in [1.54, 1.807) is 0 Å². The van der Waals surface area contributed by atoms with Crippen molar-refractivity contribution >= 4 is 0 Å². The molecule has 4 rings (SSSR count). The van der Waals surface area contributed by atoms with Gasteiger partial charge in [0.05, 0.1) is 18.8 Å². The molecular formula is C21H33N7. The van der Waals surface area contributed by atoms with Crippen molar-refractivity contribution in [2.45, 2.75) is 58.2 Å². The van der Waals surface area contributed by atoms with E-state index in [-0.39, 0.29) is 0 Å². The standard InChI is InChI=1S/C21H33N7/c1-4-9-28-15-19(17(2)24-28)14-27-12-7-8-18(13-27)21-23-22-20(25(21)3)16-26-10-5-6-11-26/h4,15,18H,1,5-14,16H2,2-3H3/t18-/m0/s1. The Hall–Kier alpha value is -1.99. The summed E-state index contributed by atoms with van der Waals surface area (Å²) < 4.78 is 4.23. The van der Waals surface area contributed by atoms with E-state index >= 15 is 0 Å². The molecule has 1 atom stereocenters. The summed E-state index contributed by atoms with van der Waals surface area (Å²) in [5.41, 5.74) is 2.44. The number of aryl methyl sites for hydroxylation is 1. The van der Waals surface area contributed by atoms with Gasteiger partial charge in [-0.3, -0.25) is 14.5 Å². The first-order chi connectivity index (χ1) is 13.6. The molecule has 0 unspecified atom stereocenters. The predicted octanol–water partition coefficient (Wildman–Crippen LogP) is 2.48. The molecule has 0 saturated carbocycles. The Labute approximate surface area is 168 Å². The number of piperidine rings is 1. The third kappa shape index (κ3) is 4.20. The molecule has 0 amide bonds. The largest absolute Gasteiger partial charge is 0.317 e. The highest BCUT2D eigenvalue weighted by atomic mass is 15.3. The van der Waals surface area contributed by atoms with Gasteiger partial charge in [-0.05, 0) is 52.2 Å². The smallest absolute Gasteiger partial charge is 0.146 e. The van der Waals surface area contributed by atoms with Crippen molar-refractivity contribution in [3.63, 3.8) is 0 Å². The molecular weight excluding hydrogens is 350 g/mol. The van der Waals surface area contributed by atoms with Gasteiger partial charge < -0.3 is 4.57 Å². The Morgan fingerprint density at radius 1 is 1.11 bits per heavy atom. The van der Waals surface area contributed by atoms with Gasteiger partial charge in [0, 0.05) is 37.8 Å². The molecule has 2 aliphatic rings. The monoisotopic (exact) mass is 383 g/mol. The van der Waals surface area contributed by atoms with Crippen molar-refractivity contribution < 1.29 is 0 Å². The molecule has 0 bridgehead atoms. The lowest BCUT2D eigenvalue weighted by Crippen LogP contribution is -2.35. The Kier molecular flexibility index (Phi) is 5.92. The van der Waals surface area contributed by atoms with Crippen molar-refractivity contribution in [3.05, 3.63) is 41.8 Å². The molecule has 0 radical (unpaired) electrons. The second kappa shape index (κ2) is 8.57. The number of hydrogen-bond donors (Lipinski definition) is 0. The Morgan fingerprint density at radius 2 is 1.89 bits per heavy atom. The summed E-state index contributed by atoms with van der Waals surface area (Å²) in [5, 5.41) is 13.7. The quantitative estimate of drug-likeness (QED) is 0.688. The van der Waals surface area contributed by atoms with E-state index in [2.05, 4.69) is 56.4 Å². The number of allylic oxidation sites excluding steroid dienone is 1. The fourth-order valence-corrected chi connectivity index (χ4v) is 4.60. The lowest BCUT2D eigenvalue weighted by molar-refractivity contribution is 0.194. The molecule has 0 aromatic carbocycles. The number of likely N-dealkylation sites (tertiary alicyclic amines) is 2. The van der Waals surface area contributed by atoms with Crippen LogP contribution in [0.15, 0.2) is 18.9 Å². The van der Waals surface area contributed by atoms with E-state index in [0.29, 0.717) is 5.92 Å². The molecule has 4 heterocycles. The Balaban J connectivity index is 1.41. The molecule has 2 aliphatic heterocycles. The lowest BCUT2D eigenvalue weighted by atomic mass is 9.96. The van der Waals surface area contributed by atoms with Crippen molar-refractivity contribution in [3.8, 4) is 0 Å². The summed E-state index contributed by atoms with van der Waals surface area (Å²) in [6.45, 7) is 13.1. The molecule has 7 heteroatoms. The zero-order valence-corrected chi connectivity index (χ0v) is 17.3. The van der Waals surface area contributed by atoms with Crippen molar-refractivity contribution in [2.24, 2.45) is 7.05 Å². The zero-order chi connectivity index (χ0) is 19.5. The van der Waals surface area contributed by atoms with Crippen LogP contribution in [0.1, 0.15) is 54.5 Å². The minimum Gasteiger partial charge on any atom is -0.317 e. The summed E-state index contributed by atoms with van der Waals surface area (Å²) in [7, 11) is 2.14. The van der Waals surface area contributed by atoms with Gasteiger partial charge in [0.1, 0.15) is 11.6 Å². The lowest BCUT2D eigenvalue weighted by Gasteiger charge is -2.32. The van der Waals surface area contributed by atoms with Crippen LogP contribution in [0.25, 0.3) is 0 Å². The zero-order valence-electron chi connectivity index (χ0n) is 17.3. The molecule has 0 spiro atoms. The van der Waals surface area contributed by atoms with Crippen LogP contribution in [0.3, 0.4) is 0 Å². The second-order valence-electron chi connectivity index (χ2n) is 8.34. The van der Waals surface area contributed by atoms with Gasteiger partial charge in [-0.1, -0.05) is 6.08 Å². The second-order valence-corrected chi connectivity index (χ2v) is 8.34. The number of nitrogens with zero attached hydrogens (tertiary/aromatic N) is 7. The van der Waals surface area contributed by atoms with Crippen LogP contribution in [0, 0.1) is 6.92 Å². The maximum Gasteiger partial charge on any atom is 0.146 e. The molecule has 2 aromatic heterocycles. The van der Waals surface area contributed by atoms with Gasteiger partial charge in [0.2, 0.25) is 0 Å². The van der Waals surface area contributed by atoms with Gasteiger partial charge in [-0.2, -0.15) is 5.10 Å². The van der Waals surface area contributed by atoms with E-state index in [1.165, 1.54) is 44.3 Å². The SMILES string of the molecule is C=CCn1cc(CN2CCC[C@H](c3nnc(CN4CCCC4)n3C)C2)c(C)n1. The molecule has 28 heavy (non-hydrogen) atoms. The molecule has 7 nitrogen and oxygen atoms in total. The van der Waals surface area contributed by atoms with Crippen molar-refractivity contribution in [1.29, 1.82) is 0 Å². The van der Waals surface area contributed by atoms with Gasteiger partial charge in [0.15, 0.2) is 0 Å². The van der Waals surface area contributed by atoms with Crippen LogP contribution in [-0.2, 0) is 26.7 Å². The van der Waals surface area contributed by atoms with Crippen molar-refractivity contribution in [1.82, 2.24) is 34.3 Å². The fraction of sp³-hybridized carbons (Fsp3) is 0.667. The molecule has 152 valence electrons. The maximum absolute atomic E-state index is 4.60. The third-order valence-electron chi connectivity index (χ3n) is 6.19. The molecule has 2 saturated heterocycles. The third-order valence-corrected chi connectivity index (χ3v) is 6.19. The van der Waals surface area contributed by atoms with Gasteiger partial charge >= 0.3 is 0 Å². The van der Waals surface area contributed by atoms with E-state index in [0.717, 1.165) is 50.1 Å². The molecule has 2 fully saturated rings. The highest BCUT2D eigenvalue weighted by Gasteiger charge is 2.27. The number of hydrogen-bond acceptors (Lipinski definition) is 5. The Morgan fingerprint density at radius 3 is 2.68 bits per heavy atom. The number of rotatable bonds is 7. The van der Waals surface area contributed by atoms with Crippen LogP contribution in [0.4, 0.5) is 0 Å². The van der Waals surface area contributed by atoms with Crippen molar-refractivity contribution in [2.75, 3.05) is 26.2 Å². The average Bonchev–Trinajstić information content (AvgIpc) is 3.39. The van der Waals surface area contributed by atoms with Gasteiger partial charge in [0.25, 0.3) is 0 Å². The highest BCUT2D eigenvalue weighted by molar-refractivity contribution is 5.16. The van der Waals surface area contributed by atoms with E-state index in [1.807, 2.05) is 10.8 Å². The van der Waals surface area contributed by atoms with Crippen LogP contribution in [0.5, 0.6) is 0 Å². The summed E-state index contributed by atoms with van der Waals surface area (Å²) in [4.78, 5) is 5.04. The summed E-state index contributed by atoms with van der Waals surface area (Å²) >= 11 is 0. The topological polar surface area (TPSA) is 55.0 Å². The van der Waals surface area contributed by atoms with Crippen LogP contribution >= 0.6 is 0 Å². The first kappa shape index (κ1) is 19.3. The van der Waals surface area contributed by atoms with Crippen LogP contribution < -0.4 is 0 Å². The van der Waals surface area contributed by atoms with Crippen LogP contribution in [0.2, 0.25) is 0 Å². The molecule has 0 aliphatic carbocycles. The number of aromatic nitrogens is 5. The van der Waals surface area contributed by atoms with Gasteiger partial charge in [-0.15, -0.1) is 16.8 Å². The van der Waals surface area contributed by atoms with E-state index < -0.39 is 0 Å². The summed E-state index contributed by atoms with van der Waals surface area (Å²) in [6, 6.07) is 0. The normalized spacial score (nSPS) is 21.4. The maximum atomic E-state index is 4.60.